The lowest BCUT2D eigenvalue weighted by molar-refractivity contribution is 0.0600. The molecule has 0 amide bonds. The molecule has 2 rings (SSSR count). The molecule has 7 nitrogen and oxygen atoms in total. The second-order valence-electron chi connectivity index (χ2n) is 6.19. The van der Waals surface area contributed by atoms with Crippen molar-refractivity contribution in [1.82, 2.24) is 9.78 Å². The van der Waals surface area contributed by atoms with E-state index in [0.29, 0.717) is 37.4 Å². The number of benzene rings is 1. The molecular formula is C20H26ClN3O4. The van der Waals surface area contributed by atoms with Crippen LogP contribution < -0.4 is 15.6 Å². The quantitative estimate of drug-likeness (QED) is 0.479. The Hall–Kier alpha value is -2.54. The second-order valence-corrected chi connectivity index (χ2v) is 6.56. The van der Waals surface area contributed by atoms with Crippen LogP contribution in [0.1, 0.15) is 42.6 Å². The van der Waals surface area contributed by atoms with E-state index >= 15 is 0 Å². The predicted octanol–water partition coefficient (Wildman–Crippen LogP) is 3.54. The van der Waals surface area contributed by atoms with Gasteiger partial charge in [-0.25, -0.2) is 9.48 Å². The molecule has 1 heterocycles. The van der Waals surface area contributed by atoms with Crippen LogP contribution in [0.15, 0.2) is 29.2 Å². The number of anilines is 1. The van der Waals surface area contributed by atoms with Crippen molar-refractivity contribution in [1.29, 1.82) is 0 Å². The summed E-state index contributed by atoms with van der Waals surface area (Å²) in [7, 11) is 1.37. The number of aryl methyl sites for hydroxylation is 2. The summed E-state index contributed by atoms with van der Waals surface area (Å²) < 4.78 is 12.0. The number of aromatic nitrogens is 2. The Morgan fingerprint density at radius 1 is 1.32 bits per heavy atom. The molecule has 0 atom stereocenters. The summed E-state index contributed by atoms with van der Waals surface area (Å²) in [4.78, 5) is 23.7. The van der Waals surface area contributed by atoms with Gasteiger partial charge in [-0.2, -0.15) is 5.10 Å². The fraction of sp³-hybridized carbons (Fsp3) is 0.450. The van der Waals surface area contributed by atoms with Crippen molar-refractivity contribution in [3.05, 3.63) is 50.9 Å². The molecule has 0 fully saturated rings. The Labute approximate surface area is 169 Å². The fourth-order valence-corrected chi connectivity index (χ4v) is 2.93. The highest BCUT2D eigenvalue weighted by Gasteiger charge is 2.11. The molecule has 0 aliphatic rings. The fourth-order valence-electron chi connectivity index (χ4n) is 2.72. The first-order valence-electron chi connectivity index (χ1n) is 9.35. The van der Waals surface area contributed by atoms with Crippen LogP contribution in [-0.4, -0.2) is 36.0 Å². The summed E-state index contributed by atoms with van der Waals surface area (Å²) in [6.07, 6.45) is 4.02. The molecule has 0 aliphatic heterocycles. The number of esters is 1. The summed E-state index contributed by atoms with van der Waals surface area (Å²) in [5.74, 6) is 0.406. The van der Waals surface area contributed by atoms with Crippen molar-refractivity contribution in [2.24, 2.45) is 0 Å². The molecule has 0 unspecified atom stereocenters. The van der Waals surface area contributed by atoms with E-state index in [-0.39, 0.29) is 16.6 Å². The zero-order valence-electron chi connectivity index (χ0n) is 16.5. The maximum atomic E-state index is 12.0. The van der Waals surface area contributed by atoms with Gasteiger partial charge in [-0.3, -0.25) is 4.79 Å². The van der Waals surface area contributed by atoms with Crippen molar-refractivity contribution in [3.63, 3.8) is 0 Å². The van der Waals surface area contributed by atoms with Gasteiger partial charge in [-0.15, -0.1) is 0 Å². The summed E-state index contributed by atoms with van der Waals surface area (Å²) in [6, 6.07) is 5.32. The van der Waals surface area contributed by atoms with Gasteiger partial charge >= 0.3 is 5.97 Å². The highest BCUT2D eigenvalue weighted by Crippen LogP contribution is 2.23. The number of carbonyl (C=O) groups excluding carboxylic acids is 1. The van der Waals surface area contributed by atoms with Crippen LogP contribution in [0.4, 0.5) is 5.69 Å². The molecule has 0 spiro atoms. The maximum Gasteiger partial charge on any atom is 0.337 e. The highest BCUT2D eigenvalue weighted by atomic mass is 35.5. The van der Waals surface area contributed by atoms with Gasteiger partial charge < -0.3 is 14.8 Å². The van der Waals surface area contributed by atoms with Crippen LogP contribution in [0, 0.1) is 0 Å². The minimum atomic E-state index is -0.358. The molecule has 0 aliphatic carbocycles. The van der Waals surface area contributed by atoms with Crippen molar-refractivity contribution >= 4 is 23.3 Å². The van der Waals surface area contributed by atoms with Gasteiger partial charge in [0.1, 0.15) is 10.8 Å². The zero-order valence-corrected chi connectivity index (χ0v) is 17.2. The van der Waals surface area contributed by atoms with Gasteiger partial charge in [0, 0.05) is 13.1 Å². The average molecular weight is 408 g/mol. The third kappa shape index (κ3) is 5.48. The van der Waals surface area contributed by atoms with Crippen LogP contribution in [0.25, 0.3) is 0 Å². The first-order valence-corrected chi connectivity index (χ1v) is 9.73. The van der Waals surface area contributed by atoms with Crippen molar-refractivity contribution in [3.8, 4) is 5.75 Å². The number of ether oxygens (including phenoxy) is 2. The lowest BCUT2D eigenvalue weighted by atomic mass is 10.1. The largest absolute Gasteiger partial charge is 0.493 e. The van der Waals surface area contributed by atoms with E-state index in [1.165, 1.54) is 11.8 Å². The number of methoxy groups -OCH3 is 1. The van der Waals surface area contributed by atoms with Crippen LogP contribution in [0.5, 0.6) is 5.75 Å². The van der Waals surface area contributed by atoms with E-state index in [1.54, 1.807) is 18.3 Å². The number of hydrogen-bond donors (Lipinski definition) is 1. The average Bonchev–Trinajstić information content (AvgIpc) is 2.71. The number of hydrogen-bond acceptors (Lipinski definition) is 6. The van der Waals surface area contributed by atoms with Gasteiger partial charge in [0.25, 0.3) is 5.56 Å². The number of carbonyl (C=O) groups is 1. The summed E-state index contributed by atoms with van der Waals surface area (Å²) in [5.41, 5.74) is 1.71. The molecule has 1 aromatic carbocycles. The molecule has 0 bridgehead atoms. The third-order valence-electron chi connectivity index (χ3n) is 4.18. The Balaban J connectivity index is 1.90. The van der Waals surface area contributed by atoms with E-state index in [1.807, 2.05) is 13.0 Å². The van der Waals surface area contributed by atoms with Crippen molar-refractivity contribution < 1.29 is 14.3 Å². The SMILES string of the molecule is CCCc1cc(C(=O)OC)ccc1OCCCNc1cnn(CC)c(=O)c1Cl. The molecule has 8 heteroatoms. The molecule has 0 radical (unpaired) electrons. The van der Waals surface area contributed by atoms with Gasteiger partial charge in [0.2, 0.25) is 0 Å². The first-order chi connectivity index (χ1) is 13.5. The first kappa shape index (κ1) is 21.8. The van der Waals surface area contributed by atoms with E-state index in [0.717, 1.165) is 24.2 Å². The topological polar surface area (TPSA) is 82.4 Å². The smallest absolute Gasteiger partial charge is 0.337 e. The molecule has 1 N–H and O–H groups in total. The molecule has 0 saturated heterocycles. The van der Waals surface area contributed by atoms with Crippen LogP contribution in [0.3, 0.4) is 0 Å². The van der Waals surface area contributed by atoms with Gasteiger partial charge in [-0.1, -0.05) is 24.9 Å². The zero-order chi connectivity index (χ0) is 20.5. The summed E-state index contributed by atoms with van der Waals surface area (Å²) >= 11 is 6.09. The van der Waals surface area contributed by atoms with Gasteiger partial charge in [-0.05, 0) is 43.5 Å². The normalized spacial score (nSPS) is 10.6. The van der Waals surface area contributed by atoms with E-state index in [4.69, 9.17) is 21.1 Å². The molecule has 152 valence electrons. The standard InChI is InChI=1S/C20H26ClN3O4/c1-4-7-14-12-15(20(26)27-3)8-9-17(14)28-11-6-10-22-16-13-23-24(5-2)19(25)18(16)21/h8-9,12-13,22H,4-7,10-11H2,1-3H3. The van der Waals surface area contributed by atoms with Crippen LogP contribution in [0.2, 0.25) is 5.02 Å². The minimum Gasteiger partial charge on any atom is -0.493 e. The molecule has 0 saturated carbocycles. The van der Waals surface area contributed by atoms with Crippen molar-refractivity contribution in [2.75, 3.05) is 25.6 Å². The lowest BCUT2D eigenvalue weighted by Crippen LogP contribution is -2.23. The predicted molar refractivity (Wildman–Crippen MR) is 110 cm³/mol. The summed E-state index contributed by atoms with van der Waals surface area (Å²) in [6.45, 7) is 5.45. The Morgan fingerprint density at radius 3 is 2.79 bits per heavy atom. The number of nitrogens with one attached hydrogen (secondary N) is 1. The maximum absolute atomic E-state index is 12.0. The second kappa shape index (κ2) is 10.7. The van der Waals surface area contributed by atoms with Gasteiger partial charge in [0.05, 0.1) is 31.2 Å². The lowest BCUT2D eigenvalue weighted by Gasteiger charge is -2.13. The molecular weight excluding hydrogens is 382 g/mol. The highest BCUT2D eigenvalue weighted by molar-refractivity contribution is 6.32. The molecule has 28 heavy (non-hydrogen) atoms. The number of nitrogens with zero attached hydrogens (tertiary/aromatic N) is 2. The molecule has 1 aromatic heterocycles. The Kier molecular flexibility index (Phi) is 8.32. The Bertz CT molecular complexity index is 867. The minimum absolute atomic E-state index is 0.140. The van der Waals surface area contributed by atoms with Crippen LogP contribution >= 0.6 is 11.6 Å². The number of rotatable bonds is 10. The van der Waals surface area contributed by atoms with E-state index in [2.05, 4.69) is 17.3 Å². The Morgan fingerprint density at radius 2 is 2.11 bits per heavy atom. The number of halogens is 1. The summed E-state index contributed by atoms with van der Waals surface area (Å²) in [5, 5.41) is 7.31. The van der Waals surface area contributed by atoms with Crippen LogP contribution in [-0.2, 0) is 17.7 Å². The monoisotopic (exact) mass is 407 g/mol. The molecule has 2 aromatic rings. The van der Waals surface area contributed by atoms with Gasteiger partial charge in [0.15, 0.2) is 0 Å². The van der Waals surface area contributed by atoms with Crippen molar-refractivity contribution in [2.45, 2.75) is 39.7 Å². The van der Waals surface area contributed by atoms with E-state index in [9.17, 15) is 9.59 Å². The third-order valence-corrected chi connectivity index (χ3v) is 4.54. The van der Waals surface area contributed by atoms with E-state index < -0.39 is 0 Å².